The number of carbonyl (C=O) groups is 4. The van der Waals surface area contributed by atoms with E-state index in [9.17, 15) is 19.2 Å². The molecular formula is C39H62N8O9. The molecule has 56 heavy (non-hydrogen) atoms. The number of nitrogens with one attached hydrogen (secondary N) is 1. The van der Waals surface area contributed by atoms with Crippen LogP contribution in [0.15, 0.2) is 49.1 Å². The van der Waals surface area contributed by atoms with Crippen molar-refractivity contribution in [3.05, 3.63) is 71.8 Å². The maximum Gasteiger partial charge on any atom is 0.336 e. The van der Waals surface area contributed by atoms with E-state index in [2.05, 4.69) is 72.3 Å². The number of H-pyrrole nitrogens is 1. The van der Waals surface area contributed by atoms with Crippen LogP contribution in [0.3, 0.4) is 0 Å². The van der Waals surface area contributed by atoms with Gasteiger partial charge in [0.25, 0.3) is 0 Å². The molecule has 0 fully saturated rings. The monoisotopic (exact) mass is 786 g/mol. The quantitative estimate of drug-likeness (QED) is 0.0426. The third kappa shape index (κ3) is 19.3. The predicted octanol–water partition coefficient (Wildman–Crippen LogP) is 3.25. The van der Waals surface area contributed by atoms with Crippen molar-refractivity contribution >= 4 is 23.9 Å². The predicted molar refractivity (Wildman–Crippen MR) is 209 cm³/mol. The molecule has 0 bridgehead atoms. The van der Waals surface area contributed by atoms with Crippen molar-refractivity contribution in [1.82, 2.24) is 39.1 Å². The minimum atomic E-state index is -2.74. The molecule has 0 unspecified atom stereocenters. The highest BCUT2D eigenvalue weighted by Crippen LogP contribution is 2.17. The molecule has 0 aliphatic rings. The Morgan fingerprint density at radius 3 is 1.80 bits per heavy atom. The van der Waals surface area contributed by atoms with Crippen LogP contribution in [0.5, 0.6) is 0 Å². The molecular weight excluding hydrogens is 724 g/mol. The SMILES string of the molecule is CCCN(CCC)CCCCN(CCC(=O)OCN(C)C)Cc1ccc(CN(Cc2ncc[nH]2)Cc2nccn2C)cc1.O=C(O)CC(O)(CC(=O)O)C(=O)O. The molecule has 0 atom stereocenters. The number of carboxylic acid groups (broad SMARTS) is 3. The van der Waals surface area contributed by atoms with Crippen LogP contribution >= 0.6 is 0 Å². The number of aromatic amines is 1. The van der Waals surface area contributed by atoms with Crippen molar-refractivity contribution in [2.45, 2.75) is 90.6 Å². The average Bonchev–Trinajstić information content (AvgIpc) is 3.79. The number of carboxylic acids is 3. The van der Waals surface area contributed by atoms with E-state index in [1.807, 2.05) is 44.6 Å². The number of ether oxygens (including phenoxy) is 1. The number of aromatic nitrogens is 4. The van der Waals surface area contributed by atoms with E-state index >= 15 is 0 Å². The minimum Gasteiger partial charge on any atom is -0.481 e. The maximum atomic E-state index is 12.4. The lowest BCUT2D eigenvalue weighted by molar-refractivity contribution is -0.170. The van der Waals surface area contributed by atoms with Crippen molar-refractivity contribution in [2.75, 3.05) is 53.5 Å². The first-order valence-electron chi connectivity index (χ1n) is 19.0. The number of aryl methyl sites for hydroxylation is 1. The van der Waals surface area contributed by atoms with Crippen LogP contribution in [0.25, 0.3) is 0 Å². The van der Waals surface area contributed by atoms with Gasteiger partial charge in [0, 0.05) is 51.5 Å². The largest absolute Gasteiger partial charge is 0.481 e. The lowest BCUT2D eigenvalue weighted by Crippen LogP contribution is -2.42. The summed E-state index contributed by atoms with van der Waals surface area (Å²) < 4.78 is 7.45. The first-order valence-corrected chi connectivity index (χ1v) is 19.0. The summed E-state index contributed by atoms with van der Waals surface area (Å²) in [7, 11) is 5.83. The molecule has 0 saturated heterocycles. The molecule has 0 spiro atoms. The molecule has 312 valence electrons. The zero-order valence-electron chi connectivity index (χ0n) is 33.6. The Hall–Kier alpha value is -4.68. The van der Waals surface area contributed by atoms with E-state index < -0.39 is 36.4 Å². The molecule has 2 aromatic heterocycles. The topological polar surface area (TPSA) is 218 Å². The molecule has 0 saturated carbocycles. The summed E-state index contributed by atoms with van der Waals surface area (Å²) >= 11 is 0. The molecule has 5 N–H and O–H groups in total. The highest BCUT2D eigenvalue weighted by atomic mass is 16.5. The van der Waals surface area contributed by atoms with E-state index in [0.717, 1.165) is 50.8 Å². The summed E-state index contributed by atoms with van der Waals surface area (Å²) in [4.78, 5) is 64.2. The van der Waals surface area contributed by atoms with Gasteiger partial charge < -0.3 is 39.6 Å². The van der Waals surface area contributed by atoms with Gasteiger partial charge in [-0.2, -0.15) is 0 Å². The average molecular weight is 787 g/mol. The summed E-state index contributed by atoms with van der Waals surface area (Å²) in [6.07, 6.45) is 10.3. The number of hydrogen-bond acceptors (Lipinski definition) is 12. The molecule has 0 radical (unpaired) electrons. The number of imidazole rings is 2. The van der Waals surface area contributed by atoms with Gasteiger partial charge >= 0.3 is 23.9 Å². The zero-order chi connectivity index (χ0) is 41.5. The zero-order valence-corrected chi connectivity index (χ0v) is 33.6. The second kappa shape index (κ2) is 25.5. The van der Waals surface area contributed by atoms with E-state index in [4.69, 9.17) is 25.2 Å². The second-order valence-corrected chi connectivity index (χ2v) is 14.2. The summed E-state index contributed by atoms with van der Waals surface area (Å²) in [5, 5.41) is 33.8. The van der Waals surface area contributed by atoms with Crippen molar-refractivity contribution in [3.8, 4) is 0 Å². The Balaban J connectivity index is 0.000000711. The summed E-state index contributed by atoms with van der Waals surface area (Å²) in [5.74, 6) is -3.20. The van der Waals surface area contributed by atoms with Crippen LogP contribution in [0.1, 0.15) is 81.6 Å². The number of benzene rings is 1. The van der Waals surface area contributed by atoms with Crippen molar-refractivity contribution in [3.63, 3.8) is 0 Å². The van der Waals surface area contributed by atoms with Gasteiger partial charge in [-0.15, -0.1) is 0 Å². The van der Waals surface area contributed by atoms with Crippen molar-refractivity contribution in [1.29, 1.82) is 0 Å². The Morgan fingerprint density at radius 1 is 0.768 bits per heavy atom. The fourth-order valence-electron chi connectivity index (χ4n) is 5.92. The Morgan fingerprint density at radius 2 is 1.34 bits per heavy atom. The molecule has 1 aromatic carbocycles. The Bertz CT molecular complexity index is 1560. The smallest absolute Gasteiger partial charge is 0.336 e. The third-order valence-electron chi connectivity index (χ3n) is 8.73. The maximum absolute atomic E-state index is 12.4. The van der Waals surface area contributed by atoms with Gasteiger partial charge in [-0.05, 0) is 77.1 Å². The Kier molecular flexibility index (Phi) is 21.6. The van der Waals surface area contributed by atoms with E-state index in [1.165, 1.54) is 43.5 Å². The first kappa shape index (κ1) is 47.5. The molecule has 17 heteroatoms. The molecule has 17 nitrogen and oxygen atoms in total. The highest BCUT2D eigenvalue weighted by Gasteiger charge is 2.40. The molecule has 3 aromatic rings. The number of rotatable bonds is 27. The van der Waals surface area contributed by atoms with E-state index in [-0.39, 0.29) is 5.97 Å². The van der Waals surface area contributed by atoms with Gasteiger partial charge in [-0.1, -0.05) is 38.1 Å². The summed E-state index contributed by atoms with van der Waals surface area (Å²) in [6, 6.07) is 8.89. The lowest BCUT2D eigenvalue weighted by Gasteiger charge is -2.25. The van der Waals surface area contributed by atoms with Gasteiger partial charge in [-0.25, -0.2) is 14.8 Å². The number of esters is 1. The lowest BCUT2D eigenvalue weighted by atomic mass is 9.96. The van der Waals surface area contributed by atoms with Crippen LogP contribution in [0.2, 0.25) is 0 Å². The molecule has 0 aliphatic carbocycles. The van der Waals surface area contributed by atoms with Crippen LogP contribution in [0, 0.1) is 0 Å². The standard InChI is InChI=1S/C33H54N8O2.C6H8O7/c1-6-18-39(19-7-2)20-8-9-21-40(22-14-33(42)43-28-37(3)4)24-29-10-12-30(13-11-29)25-41(26-31-34-15-16-35-31)27-32-36-17-23-38(32)5;7-3(8)1-6(13,5(11)12)2-4(9)10/h10-13,15-17,23H,6-9,14,18-22,24-28H2,1-5H3,(H,34,35);13H,1-2H2,(H,7,8)(H,9,10)(H,11,12). The number of hydrogen-bond donors (Lipinski definition) is 5. The summed E-state index contributed by atoms with van der Waals surface area (Å²) in [6.45, 7) is 13.0. The van der Waals surface area contributed by atoms with Gasteiger partial charge in [0.05, 0.1) is 32.4 Å². The number of aliphatic hydroxyl groups is 1. The van der Waals surface area contributed by atoms with Crippen molar-refractivity contribution in [2.24, 2.45) is 7.05 Å². The fourth-order valence-corrected chi connectivity index (χ4v) is 5.92. The van der Waals surface area contributed by atoms with Crippen LogP contribution in [-0.4, -0.2) is 143 Å². The van der Waals surface area contributed by atoms with Crippen LogP contribution in [0.4, 0.5) is 0 Å². The molecule has 0 aliphatic heterocycles. The molecule has 0 amide bonds. The number of carbonyl (C=O) groups excluding carboxylic acids is 1. The first-order chi connectivity index (χ1) is 26.6. The van der Waals surface area contributed by atoms with E-state index in [1.54, 1.807) is 6.20 Å². The second-order valence-electron chi connectivity index (χ2n) is 14.2. The normalized spacial score (nSPS) is 11.6. The Labute approximate surface area is 329 Å². The highest BCUT2D eigenvalue weighted by molar-refractivity contribution is 5.88. The van der Waals surface area contributed by atoms with Gasteiger partial charge in [-0.3, -0.25) is 29.1 Å². The van der Waals surface area contributed by atoms with E-state index in [0.29, 0.717) is 26.2 Å². The van der Waals surface area contributed by atoms with Crippen molar-refractivity contribution < 1.29 is 44.3 Å². The fraction of sp³-hybridized carbons (Fsp3) is 0.590. The van der Waals surface area contributed by atoms with Gasteiger partial charge in [0.1, 0.15) is 18.4 Å². The van der Waals surface area contributed by atoms with Crippen LogP contribution < -0.4 is 0 Å². The van der Waals surface area contributed by atoms with Gasteiger partial charge in [0.2, 0.25) is 0 Å². The number of nitrogens with zero attached hydrogens (tertiary/aromatic N) is 7. The van der Waals surface area contributed by atoms with Crippen LogP contribution in [-0.2, 0) is 57.1 Å². The number of unbranched alkanes of at least 4 members (excludes halogenated alkanes) is 1. The molecule has 3 rings (SSSR count). The third-order valence-corrected chi connectivity index (χ3v) is 8.73. The number of aliphatic carboxylic acids is 3. The molecule has 2 heterocycles. The van der Waals surface area contributed by atoms with Gasteiger partial charge in [0.15, 0.2) is 5.60 Å². The summed E-state index contributed by atoms with van der Waals surface area (Å²) in [5.41, 5.74) is -0.238. The minimum absolute atomic E-state index is 0.143.